The SMILES string of the molecule is CCCOCCOC(CI)c1ccc(Cl)cc1. The number of alkyl halides is 1. The summed E-state index contributed by atoms with van der Waals surface area (Å²) in [6.45, 7) is 4.20. The topological polar surface area (TPSA) is 18.5 Å². The van der Waals surface area contributed by atoms with Gasteiger partial charge in [-0.2, -0.15) is 0 Å². The highest BCUT2D eigenvalue weighted by atomic mass is 127. The van der Waals surface area contributed by atoms with Crippen LogP contribution in [-0.2, 0) is 9.47 Å². The van der Waals surface area contributed by atoms with Gasteiger partial charge in [-0.3, -0.25) is 0 Å². The lowest BCUT2D eigenvalue weighted by Crippen LogP contribution is -2.11. The smallest absolute Gasteiger partial charge is 0.0915 e. The number of hydrogen-bond acceptors (Lipinski definition) is 2. The van der Waals surface area contributed by atoms with Crippen LogP contribution in [0.1, 0.15) is 25.0 Å². The van der Waals surface area contributed by atoms with Crippen molar-refractivity contribution in [3.05, 3.63) is 34.9 Å². The van der Waals surface area contributed by atoms with Crippen molar-refractivity contribution in [3.8, 4) is 0 Å². The van der Waals surface area contributed by atoms with Crippen LogP contribution in [0.25, 0.3) is 0 Å². The average molecular weight is 369 g/mol. The Hall–Kier alpha value is 0.160. The van der Waals surface area contributed by atoms with E-state index in [4.69, 9.17) is 21.1 Å². The van der Waals surface area contributed by atoms with Crippen LogP contribution in [0.2, 0.25) is 5.02 Å². The maximum atomic E-state index is 5.86. The monoisotopic (exact) mass is 368 g/mol. The quantitative estimate of drug-likeness (QED) is 0.388. The van der Waals surface area contributed by atoms with E-state index in [9.17, 15) is 0 Å². The van der Waals surface area contributed by atoms with Gasteiger partial charge in [-0.05, 0) is 24.1 Å². The van der Waals surface area contributed by atoms with E-state index in [1.807, 2.05) is 24.3 Å². The zero-order valence-electron chi connectivity index (χ0n) is 9.99. The van der Waals surface area contributed by atoms with E-state index in [1.54, 1.807) is 0 Å². The van der Waals surface area contributed by atoms with Gasteiger partial charge in [0.25, 0.3) is 0 Å². The van der Waals surface area contributed by atoms with Gasteiger partial charge in [0.05, 0.1) is 19.3 Å². The van der Waals surface area contributed by atoms with Gasteiger partial charge in [-0.1, -0.05) is 53.2 Å². The highest BCUT2D eigenvalue weighted by Gasteiger charge is 2.09. The number of halogens is 2. The summed E-state index contributed by atoms with van der Waals surface area (Å²) in [5, 5.41) is 0.757. The first kappa shape index (κ1) is 15.2. The molecule has 0 aliphatic rings. The summed E-state index contributed by atoms with van der Waals surface area (Å²) in [5.41, 5.74) is 1.17. The molecule has 0 spiro atoms. The standard InChI is InChI=1S/C13H18ClIO2/c1-2-7-16-8-9-17-13(10-15)11-3-5-12(14)6-4-11/h3-6,13H,2,7-10H2,1H3. The van der Waals surface area contributed by atoms with E-state index in [0.717, 1.165) is 22.5 Å². The van der Waals surface area contributed by atoms with E-state index < -0.39 is 0 Å². The van der Waals surface area contributed by atoms with Crippen LogP contribution in [0, 0.1) is 0 Å². The third-order valence-corrected chi connectivity index (χ3v) is 3.33. The number of ether oxygens (including phenoxy) is 2. The highest BCUT2D eigenvalue weighted by Crippen LogP contribution is 2.21. The van der Waals surface area contributed by atoms with Gasteiger partial charge in [0.2, 0.25) is 0 Å². The average Bonchev–Trinajstić information content (AvgIpc) is 2.35. The number of hydrogen-bond donors (Lipinski definition) is 0. The van der Waals surface area contributed by atoms with E-state index >= 15 is 0 Å². The molecule has 96 valence electrons. The van der Waals surface area contributed by atoms with Crippen molar-refractivity contribution in [2.24, 2.45) is 0 Å². The number of benzene rings is 1. The molecule has 17 heavy (non-hydrogen) atoms. The molecule has 0 aliphatic heterocycles. The fourth-order valence-electron chi connectivity index (χ4n) is 1.40. The van der Waals surface area contributed by atoms with Crippen LogP contribution in [0.5, 0.6) is 0 Å². The molecule has 0 bridgehead atoms. The van der Waals surface area contributed by atoms with Crippen LogP contribution in [-0.4, -0.2) is 24.2 Å². The summed E-state index contributed by atoms with van der Waals surface area (Å²) in [4.78, 5) is 0. The molecule has 0 fully saturated rings. The fraction of sp³-hybridized carbons (Fsp3) is 0.538. The van der Waals surface area contributed by atoms with Gasteiger partial charge in [0, 0.05) is 16.1 Å². The Balaban J connectivity index is 2.35. The van der Waals surface area contributed by atoms with E-state index in [2.05, 4.69) is 29.5 Å². The molecule has 0 aromatic heterocycles. The minimum absolute atomic E-state index is 0.123. The fourth-order valence-corrected chi connectivity index (χ4v) is 2.29. The molecule has 2 nitrogen and oxygen atoms in total. The molecule has 0 heterocycles. The molecule has 1 aromatic rings. The largest absolute Gasteiger partial charge is 0.379 e. The highest BCUT2D eigenvalue weighted by molar-refractivity contribution is 14.1. The summed E-state index contributed by atoms with van der Waals surface area (Å²) in [5.74, 6) is 0. The summed E-state index contributed by atoms with van der Waals surface area (Å²) >= 11 is 8.19. The van der Waals surface area contributed by atoms with E-state index in [0.29, 0.717) is 13.2 Å². The predicted octanol–water partition coefficient (Wildman–Crippen LogP) is 4.26. The Morgan fingerprint density at radius 1 is 1.18 bits per heavy atom. The first-order valence-corrected chi connectivity index (χ1v) is 7.69. The number of rotatable bonds is 8. The van der Waals surface area contributed by atoms with Crippen molar-refractivity contribution in [2.45, 2.75) is 19.4 Å². The van der Waals surface area contributed by atoms with Gasteiger partial charge in [-0.25, -0.2) is 0 Å². The third kappa shape index (κ3) is 6.04. The molecule has 1 aromatic carbocycles. The maximum absolute atomic E-state index is 5.86. The van der Waals surface area contributed by atoms with Crippen LogP contribution in [0.15, 0.2) is 24.3 Å². The van der Waals surface area contributed by atoms with Crippen molar-refractivity contribution in [2.75, 3.05) is 24.2 Å². The lowest BCUT2D eigenvalue weighted by molar-refractivity contribution is 0.0147. The molecule has 0 saturated carbocycles. The molecule has 0 saturated heterocycles. The second-order valence-electron chi connectivity index (χ2n) is 3.68. The zero-order chi connectivity index (χ0) is 12.5. The molecule has 1 rings (SSSR count). The van der Waals surface area contributed by atoms with Gasteiger partial charge in [0.1, 0.15) is 0 Å². The van der Waals surface area contributed by atoms with Crippen LogP contribution >= 0.6 is 34.2 Å². The molecule has 1 atom stereocenters. The Morgan fingerprint density at radius 2 is 1.88 bits per heavy atom. The predicted molar refractivity (Wildman–Crippen MR) is 80.1 cm³/mol. The van der Waals surface area contributed by atoms with E-state index in [-0.39, 0.29) is 6.10 Å². The molecule has 1 unspecified atom stereocenters. The van der Waals surface area contributed by atoms with Gasteiger partial charge in [0.15, 0.2) is 0 Å². The lowest BCUT2D eigenvalue weighted by atomic mass is 10.1. The van der Waals surface area contributed by atoms with Gasteiger partial charge >= 0.3 is 0 Å². The van der Waals surface area contributed by atoms with Crippen molar-refractivity contribution in [3.63, 3.8) is 0 Å². The lowest BCUT2D eigenvalue weighted by Gasteiger charge is -2.16. The molecule has 0 amide bonds. The van der Waals surface area contributed by atoms with Crippen molar-refractivity contribution >= 4 is 34.2 Å². The molecular formula is C13H18ClIO2. The summed E-state index contributed by atoms with van der Waals surface area (Å²) < 4.78 is 12.1. The van der Waals surface area contributed by atoms with Crippen LogP contribution in [0.4, 0.5) is 0 Å². The Bertz CT molecular complexity index is 303. The molecule has 0 aliphatic carbocycles. The Kier molecular flexibility index (Phi) is 8.18. The molecule has 0 radical (unpaired) electrons. The normalized spacial score (nSPS) is 12.6. The van der Waals surface area contributed by atoms with Crippen LogP contribution < -0.4 is 0 Å². The first-order valence-electron chi connectivity index (χ1n) is 5.78. The minimum Gasteiger partial charge on any atom is -0.379 e. The molecule has 4 heteroatoms. The van der Waals surface area contributed by atoms with E-state index in [1.165, 1.54) is 5.56 Å². The summed E-state index contributed by atoms with van der Waals surface area (Å²) in [6.07, 6.45) is 1.17. The summed E-state index contributed by atoms with van der Waals surface area (Å²) in [6, 6.07) is 7.82. The van der Waals surface area contributed by atoms with Gasteiger partial charge in [-0.15, -0.1) is 0 Å². The van der Waals surface area contributed by atoms with Crippen molar-refractivity contribution < 1.29 is 9.47 Å². The third-order valence-electron chi connectivity index (χ3n) is 2.28. The van der Waals surface area contributed by atoms with Gasteiger partial charge < -0.3 is 9.47 Å². The van der Waals surface area contributed by atoms with Crippen LogP contribution in [0.3, 0.4) is 0 Å². The Morgan fingerprint density at radius 3 is 2.47 bits per heavy atom. The Labute approximate surface area is 122 Å². The second-order valence-corrected chi connectivity index (χ2v) is 4.99. The first-order chi connectivity index (χ1) is 8.27. The minimum atomic E-state index is 0.123. The second kappa shape index (κ2) is 9.14. The van der Waals surface area contributed by atoms with Crippen molar-refractivity contribution in [1.82, 2.24) is 0 Å². The van der Waals surface area contributed by atoms with Crippen molar-refractivity contribution in [1.29, 1.82) is 0 Å². The summed E-state index contributed by atoms with van der Waals surface area (Å²) in [7, 11) is 0. The molecular weight excluding hydrogens is 350 g/mol. The molecule has 0 N–H and O–H groups in total. The zero-order valence-corrected chi connectivity index (χ0v) is 12.9. The maximum Gasteiger partial charge on any atom is 0.0915 e.